The zero-order chi connectivity index (χ0) is 9.10. The maximum atomic E-state index is 9.39. The monoisotopic (exact) mass is 176 g/mol. The third-order valence-electron chi connectivity index (χ3n) is 3.02. The molecule has 2 rings (SSSR count). The van der Waals surface area contributed by atoms with E-state index in [4.69, 9.17) is 0 Å². The SMILES string of the molecule is OC1CCC1CCc1ccccc1. The standard InChI is InChI=1S/C12H16O/c13-12-9-8-11(12)7-6-10-4-2-1-3-5-10/h1-5,11-13H,6-9H2. The highest BCUT2D eigenvalue weighted by Crippen LogP contribution is 2.31. The van der Waals surface area contributed by atoms with Crippen molar-refractivity contribution in [2.24, 2.45) is 5.92 Å². The van der Waals surface area contributed by atoms with Crippen LogP contribution in [0, 0.1) is 5.92 Å². The molecule has 1 saturated carbocycles. The highest BCUT2D eigenvalue weighted by atomic mass is 16.3. The molecule has 1 nitrogen and oxygen atoms in total. The summed E-state index contributed by atoms with van der Waals surface area (Å²) in [4.78, 5) is 0. The quantitative estimate of drug-likeness (QED) is 0.749. The summed E-state index contributed by atoms with van der Waals surface area (Å²) in [7, 11) is 0. The van der Waals surface area contributed by atoms with Gasteiger partial charge in [0.2, 0.25) is 0 Å². The van der Waals surface area contributed by atoms with Gasteiger partial charge in [0.15, 0.2) is 0 Å². The van der Waals surface area contributed by atoms with Crippen LogP contribution in [0.25, 0.3) is 0 Å². The third kappa shape index (κ3) is 2.10. The zero-order valence-corrected chi connectivity index (χ0v) is 7.82. The van der Waals surface area contributed by atoms with Crippen molar-refractivity contribution in [2.45, 2.75) is 31.8 Å². The van der Waals surface area contributed by atoms with Crippen LogP contribution in [0.3, 0.4) is 0 Å². The molecule has 0 amide bonds. The van der Waals surface area contributed by atoms with Crippen molar-refractivity contribution in [3.63, 3.8) is 0 Å². The van der Waals surface area contributed by atoms with E-state index >= 15 is 0 Å². The first-order chi connectivity index (χ1) is 6.36. The molecule has 0 aliphatic heterocycles. The summed E-state index contributed by atoms with van der Waals surface area (Å²) in [5.74, 6) is 0.570. The fourth-order valence-electron chi connectivity index (χ4n) is 1.88. The molecule has 1 aliphatic rings. The molecule has 70 valence electrons. The summed E-state index contributed by atoms with van der Waals surface area (Å²) >= 11 is 0. The van der Waals surface area contributed by atoms with Crippen molar-refractivity contribution in [1.82, 2.24) is 0 Å². The van der Waals surface area contributed by atoms with E-state index in [9.17, 15) is 5.11 Å². The lowest BCUT2D eigenvalue weighted by Crippen LogP contribution is -2.31. The summed E-state index contributed by atoms with van der Waals surface area (Å²) in [5, 5.41) is 9.39. The number of aryl methyl sites for hydroxylation is 1. The molecule has 13 heavy (non-hydrogen) atoms. The molecular formula is C12H16O. The van der Waals surface area contributed by atoms with Gasteiger partial charge in [0.25, 0.3) is 0 Å². The summed E-state index contributed by atoms with van der Waals surface area (Å²) in [6, 6.07) is 10.5. The van der Waals surface area contributed by atoms with Gasteiger partial charge in [0, 0.05) is 0 Å². The van der Waals surface area contributed by atoms with Crippen LogP contribution in [0.1, 0.15) is 24.8 Å². The van der Waals surface area contributed by atoms with Crippen molar-refractivity contribution in [3.05, 3.63) is 35.9 Å². The van der Waals surface area contributed by atoms with Crippen LogP contribution >= 0.6 is 0 Å². The van der Waals surface area contributed by atoms with E-state index in [0.717, 1.165) is 19.3 Å². The van der Waals surface area contributed by atoms with E-state index in [1.165, 1.54) is 12.0 Å². The van der Waals surface area contributed by atoms with Crippen LogP contribution in [0.2, 0.25) is 0 Å². The van der Waals surface area contributed by atoms with Crippen LogP contribution in [-0.4, -0.2) is 11.2 Å². The first kappa shape index (κ1) is 8.76. The average Bonchev–Trinajstić information content (AvgIpc) is 2.17. The third-order valence-corrected chi connectivity index (χ3v) is 3.02. The normalized spacial score (nSPS) is 26.8. The molecule has 1 aliphatic carbocycles. The molecule has 1 aromatic rings. The molecule has 0 aromatic heterocycles. The predicted octanol–water partition coefficient (Wildman–Crippen LogP) is 2.39. The van der Waals surface area contributed by atoms with Crippen LogP contribution in [0.15, 0.2) is 30.3 Å². The van der Waals surface area contributed by atoms with Crippen LogP contribution < -0.4 is 0 Å². The Labute approximate surface area is 79.4 Å². The number of hydrogen-bond donors (Lipinski definition) is 1. The highest BCUT2D eigenvalue weighted by Gasteiger charge is 2.27. The first-order valence-corrected chi connectivity index (χ1v) is 5.08. The molecular weight excluding hydrogens is 160 g/mol. The van der Waals surface area contributed by atoms with Gasteiger partial charge in [-0.05, 0) is 37.2 Å². The highest BCUT2D eigenvalue weighted by molar-refractivity contribution is 5.14. The molecule has 0 bridgehead atoms. The van der Waals surface area contributed by atoms with Gasteiger partial charge in [-0.15, -0.1) is 0 Å². The first-order valence-electron chi connectivity index (χ1n) is 5.08. The fourth-order valence-corrected chi connectivity index (χ4v) is 1.88. The molecule has 0 heterocycles. The number of hydrogen-bond acceptors (Lipinski definition) is 1. The second kappa shape index (κ2) is 3.93. The Hall–Kier alpha value is -0.820. The van der Waals surface area contributed by atoms with Gasteiger partial charge in [-0.3, -0.25) is 0 Å². The predicted molar refractivity (Wildman–Crippen MR) is 53.5 cm³/mol. The van der Waals surface area contributed by atoms with Crippen LogP contribution in [0.5, 0.6) is 0 Å². The lowest BCUT2D eigenvalue weighted by Gasteiger charge is -2.32. The van der Waals surface area contributed by atoms with Crippen molar-refractivity contribution in [2.75, 3.05) is 0 Å². The lowest BCUT2D eigenvalue weighted by molar-refractivity contribution is 0.0197. The molecule has 2 atom stereocenters. The fraction of sp³-hybridized carbons (Fsp3) is 0.500. The van der Waals surface area contributed by atoms with E-state index in [-0.39, 0.29) is 6.10 Å². The largest absolute Gasteiger partial charge is 0.393 e. The molecule has 0 spiro atoms. The number of aliphatic hydroxyl groups excluding tert-OH is 1. The Bertz CT molecular complexity index is 255. The van der Waals surface area contributed by atoms with Crippen molar-refractivity contribution in [3.8, 4) is 0 Å². The minimum Gasteiger partial charge on any atom is -0.393 e. The molecule has 1 aromatic carbocycles. The van der Waals surface area contributed by atoms with Crippen LogP contribution in [-0.2, 0) is 6.42 Å². The zero-order valence-electron chi connectivity index (χ0n) is 7.82. The van der Waals surface area contributed by atoms with Gasteiger partial charge < -0.3 is 5.11 Å². The Morgan fingerprint density at radius 3 is 2.46 bits per heavy atom. The van der Waals surface area contributed by atoms with Crippen molar-refractivity contribution >= 4 is 0 Å². The molecule has 2 unspecified atom stereocenters. The number of aliphatic hydroxyl groups is 1. The van der Waals surface area contributed by atoms with Gasteiger partial charge in [0.1, 0.15) is 0 Å². The molecule has 0 saturated heterocycles. The smallest absolute Gasteiger partial charge is 0.0568 e. The van der Waals surface area contributed by atoms with Gasteiger partial charge >= 0.3 is 0 Å². The number of benzene rings is 1. The van der Waals surface area contributed by atoms with E-state index in [1.807, 2.05) is 6.07 Å². The maximum absolute atomic E-state index is 9.39. The minimum absolute atomic E-state index is 0.0105. The average molecular weight is 176 g/mol. The molecule has 0 radical (unpaired) electrons. The Morgan fingerprint density at radius 1 is 1.15 bits per heavy atom. The van der Waals surface area contributed by atoms with E-state index < -0.39 is 0 Å². The van der Waals surface area contributed by atoms with E-state index in [1.54, 1.807) is 0 Å². The number of rotatable bonds is 3. The van der Waals surface area contributed by atoms with E-state index in [2.05, 4.69) is 24.3 Å². The Balaban J connectivity index is 1.80. The molecule has 1 N–H and O–H groups in total. The second-order valence-electron chi connectivity index (χ2n) is 3.93. The Morgan fingerprint density at radius 2 is 1.92 bits per heavy atom. The summed E-state index contributed by atoms with van der Waals surface area (Å²) in [5.41, 5.74) is 1.39. The van der Waals surface area contributed by atoms with Crippen LogP contribution in [0.4, 0.5) is 0 Å². The Kier molecular flexibility index (Phi) is 2.65. The minimum atomic E-state index is -0.0105. The molecule has 1 fully saturated rings. The molecule has 1 heteroatoms. The van der Waals surface area contributed by atoms with Crippen molar-refractivity contribution < 1.29 is 5.11 Å². The second-order valence-corrected chi connectivity index (χ2v) is 3.93. The van der Waals surface area contributed by atoms with E-state index in [0.29, 0.717) is 5.92 Å². The summed E-state index contributed by atoms with van der Waals surface area (Å²) in [6.07, 6.45) is 4.48. The van der Waals surface area contributed by atoms with Gasteiger partial charge in [-0.2, -0.15) is 0 Å². The van der Waals surface area contributed by atoms with Gasteiger partial charge in [-0.25, -0.2) is 0 Å². The summed E-state index contributed by atoms with van der Waals surface area (Å²) in [6.45, 7) is 0. The van der Waals surface area contributed by atoms with Gasteiger partial charge in [0.05, 0.1) is 6.10 Å². The summed E-state index contributed by atoms with van der Waals surface area (Å²) < 4.78 is 0. The maximum Gasteiger partial charge on any atom is 0.0568 e. The van der Waals surface area contributed by atoms with Crippen molar-refractivity contribution in [1.29, 1.82) is 0 Å². The topological polar surface area (TPSA) is 20.2 Å². The lowest BCUT2D eigenvalue weighted by atomic mass is 9.78. The van der Waals surface area contributed by atoms with Gasteiger partial charge in [-0.1, -0.05) is 30.3 Å².